The second-order valence-corrected chi connectivity index (χ2v) is 8.48. The van der Waals surface area contributed by atoms with Crippen molar-refractivity contribution in [2.24, 2.45) is 0 Å². The van der Waals surface area contributed by atoms with Crippen LogP contribution in [0.1, 0.15) is 5.56 Å². The van der Waals surface area contributed by atoms with Gasteiger partial charge in [0.15, 0.2) is 0 Å². The van der Waals surface area contributed by atoms with E-state index in [2.05, 4.69) is 68.2 Å². The quantitative estimate of drug-likeness (QED) is 0.543. The lowest BCUT2D eigenvalue weighted by Gasteiger charge is -2.44. The summed E-state index contributed by atoms with van der Waals surface area (Å²) in [6.45, 7) is 5.93. The van der Waals surface area contributed by atoms with E-state index in [4.69, 9.17) is 4.74 Å². The maximum atomic E-state index is 6.17. The average Bonchev–Trinajstić information content (AvgIpc) is 3.22. The summed E-state index contributed by atoms with van der Waals surface area (Å²) in [4.78, 5) is 13.7. The Labute approximate surface area is 180 Å². The molecule has 1 N–H and O–H groups in total. The van der Waals surface area contributed by atoms with E-state index in [9.17, 15) is 0 Å². The van der Waals surface area contributed by atoms with Gasteiger partial charge < -0.3 is 14.5 Å². The molecular weight excluding hydrogens is 388 g/mol. The van der Waals surface area contributed by atoms with Crippen LogP contribution in [0.25, 0.3) is 33.4 Å². The third kappa shape index (κ3) is 3.04. The van der Waals surface area contributed by atoms with Crippen LogP contribution >= 0.6 is 0 Å². The monoisotopic (exact) mass is 412 g/mol. The van der Waals surface area contributed by atoms with E-state index in [1.54, 1.807) is 6.20 Å². The van der Waals surface area contributed by atoms with Gasteiger partial charge in [0.05, 0.1) is 29.1 Å². The van der Waals surface area contributed by atoms with Crippen molar-refractivity contribution in [1.29, 1.82) is 0 Å². The zero-order valence-electron chi connectivity index (χ0n) is 17.7. The van der Waals surface area contributed by atoms with Crippen molar-refractivity contribution >= 4 is 16.6 Å². The maximum absolute atomic E-state index is 6.17. The highest BCUT2D eigenvalue weighted by molar-refractivity contribution is 5.95. The Morgan fingerprint density at radius 1 is 1.13 bits per heavy atom. The van der Waals surface area contributed by atoms with Crippen molar-refractivity contribution in [1.82, 2.24) is 25.1 Å². The number of rotatable bonds is 2. The number of nitrogens with zero attached hydrogens (tertiary/aromatic N) is 5. The van der Waals surface area contributed by atoms with Crippen molar-refractivity contribution in [2.75, 3.05) is 38.2 Å². The first kappa shape index (κ1) is 18.3. The molecule has 0 bridgehead atoms. The normalized spacial score (nSPS) is 18.5. The molecule has 0 aliphatic carbocycles. The lowest BCUT2D eigenvalue weighted by atomic mass is 10.0. The van der Waals surface area contributed by atoms with E-state index in [1.807, 2.05) is 18.5 Å². The molecule has 3 aromatic heterocycles. The van der Waals surface area contributed by atoms with Gasteiger partial charge in [0.1, 0.15) is 18.1 Å². The highest BCUT2D eigenvalue weighted by Crippen LogP contribution is 2.39. The fourth-order valence-corrected chi connectivity index (χ4v) is 4.69. The summed E-state index contributed by atoms with van der Waals surface area (Å²) in [5.41, 5.74) is 7.13. The molecule has 0 saturated carbocycles. The molecule has 7 heteroatoms. The van der Waals surface area contributed by atoms with E-state index < -0.39 is 0 Å². The predicted molar refractivity (Wildman–Crippen MR) is 121 cm³/mol. The van der Waals surface area contributed by atoms with Crippen molar-refractivity contribution in [2.45, 2.75) is 13.0 Å². The lowest BCUT2D eigenvalue weighted by Crippen LogP contribution is -2.56. The van der Waals surface area contributed by atoms with Crippen LogP contribution in [0.2, 0.25) is 0 Å². The number of aryl methyl sites for hydroxylation is 1. The first-order valence-corrected chi connectivity index (χ1v) is 10.6. The van der Waals surface area contributed by atoms with E-state index in [0.717, 1.165) is 71.0 Å². The third-order valence-electron chi connectivity index (χ3n) is 6.42. The van der Waals surface area contributed by atoms with Crippen LogP contribution in [-0.2, 0) is 0 Å². The average molecular weight is 412 g/mol. The first-order chi connectivity index (χ1) is 15.2. The second kappa shape index (κ2) is 7.06. The molecule has 156 valence electrons. The summed E-state index contributed by atoms with van der Waals surface area (Å²) in [6.07, 6.45) is 5.51. The van der Waals surface area contributed by atoms with E-state index in [1.165, 1.54) is 5.69 Å². The number of aromatic amines is 1. The summed E-state index contributed by atoms with van der Waals surface area (Å²) < 4.78 is 6.17. The molecule has 1 fully saturated rings. The minimum atomic E-state index is 0.416. The SMILES string of the molecule is Cc1ccncc1-c1cc2c(-c3ccc4c(c3)OCC3CN(C)CCN43)n[nH]c2cn1. The number of ether oxygens (including phenoxy) is 1. The number of hydrogen-bond donors (Lipinski definition) is 1. The van der Waals surface area contributed by atoms with Gasteiger partial charge in [0.2, 0.25) is 0 Å². The number of H-pyrrole nitrogens is 1. The van der Waals surface area contributed by atoms with Gasteiger partial charge in [-0.25, -0.2) is 0 Å². The number of hydrogen-bond acceptors (Lipinski definition) is 6. The molecule has 0 spiro atoms. The number of nitrogens with one attached hydrogen (secondary N) is 1. The molecule has 6 rings (SSSR count). The van der Waals surface area contributed by atoms with E-state index >= 15 is 0 Å². The molecule has 1 atom stereocenters. The molecule has 5 heterocycles. The maximum Gasteiger partial charge on any atom is 0.143 e. The Balaban J connectivity index is 1.40. The van der Waals surface area contributed by atoms with Crippen molar-refractivity contribution in [3.63, 3.8) is 0 Å². The van der Waals surface area contributed by atoms with Gasteiger partial charge in [-0.2, -0.15) is 5.10 Å². The fraction of sp³-hybridized carbons (Fsp3) is 0.292. The van der Waals surface area contributed by atoms with Crippen LogP contribution in [0.4, 0.5) is 5.69 Å². The second-order valence-electron chi connectivity index (χ2n) is 8.48. The first-order valence-electron chi connectivity index (χ1n) is 10.6. The largest absolute Gasteiger partial charge is 0.489 e. The molecule has 31 heavy (non-hydrogen) atoms. The van der Waals surface area contributed by atoms with Crippen LogP contribution in [0, 0.1) is 6.92 Å². The number of benzene rings is 1. The molecule has 0 amide bonds. The van der Waals surface area contributed by atoms with Gasteiger partial charge in [-0.05, 0) is 43.8 Å². The van der Waals surface area contributed by atoms with Crippen molar-refractivity contribution < 1.29 is 4.74 Å². The molecule has 2 aliphatic rings. The van der Waals surface area contributed by atoms with Gasteiger partial charge in [0, 0.05) is 48.5 Å². The topological polar surface area (TPSA) is 70.2 Å². The minimum Gasteiger partial charge on any atom is -0.489 e. The number of anilines is 1. The van der Waals surface area contributed by atoms with E-state index in [0.29, 0.717) is 6.04 Å². The van der Waals surface area contributed by atoms with Crippen LogP contribution in [-0.4, -0.2) is 64.4 Å². The van der Waals surface area contributed by atoms with Gasteiger partial charge in [-0.3, -0.25) is 15.1 Å². The van der Waals surface area contributed by atoms with E-state index in [-0.39, 0.29) is 0 Å². The summed E-state index contributed by atoms with van der Waals surface area (Å²) in [6, 6.07) is 11.0. The zero-order valence-corrected chi connectivity index (χ0v) is 17.7. The molecule has 1 unspecified atom stereocenters. The number of piperazine rings is 1. The smallest absolute Gasteiger partial charge is 0.143 e. The number of pyridine rings is 2. The Hall–Kier alpha value is -3.45. The van der Waals surface area contributed by atoms with Gasteiger partial charge in [-0.15, -0.1) is 0 Å². The molecule has 2 aliphatic heterocycles. The number of aromatic nitrogens is 4. The van der Waals surface area contributed by atoms with Crippen LogP contribution < -0.4 is 9.64 Å². The molecule has 1 aromatic carbocycles. The standard InChI is InChI=1S/C24H24N6O/c1-15-5-6-25-11-19(15)20-10-18-21(12-26-20)27-28-24(18)16-3-4-22-23(9-16)31-14-17-13-29(2)7-8-30(17)22/h3-6,9-12,17H,7-8,13-14H2,1-2H3,(H,27,28). The number of likely N-dealkylation sites (N-methyl/N-ethyl adjacent to an activating group) is 1. The Morgan fingerprint density at radius 2 is 2.06 bits per heavy atom. The molecular formula is C24H24N6O. The van der Waals surface area contributed by atoms with Gasteiger partial charge >= 0.3 is 0 Å². The predicted octanol–water partition coefficient (Wildman–Crippen LogP) is 3.51. The highest BCUT2D eigenvalue weighted by Gasteiger charge is 2.32. The zero-order chi connectivity index (χ0) is 20.9. The molecule has 0 radical (unpaired) electrons. The summed E-state index contributed by atoms with van der Waals surface area (Å²) >= 11 is 0. The Morgan fingerprint density at radius 3 is 2.97 bits per heavy atom. The summed E-state index contributed by atoms with van der Waals surface area (Å²) in [5, 5.41) is 8.77. The Kier molecular flexibility index (Phi) is 4.17. The summed E-state index contributed by atoms with van der Waals surface area (Å²) in [5.74, 6) is 0.937. The van der Waals surface area contributed by atoms with Crippen molar-refractivity contribution in [3.05, 3.63) is 54.5 Å². The van der Waals surface area contributed by atoms with Crippen LogP contribution in [0.5, 0.6) is 5.75 Å². The van der Waals surface area contributed by atoms with Gasteiger partial charge in [0.25, 0.3) is 0 Å². The Bertz CT molecular complexity index is 1280. The highest BCUT2D eigenvalue weighted by atomic mass is 16.5. The number of fused-ring (bicyclic) bond motifs is 4. The van der Waals surface area contributed by atoms with Crippen LogP contribution in [0.3, 0.4) is 0 Å². The summed E-state index contributed by atoms with van der Waals surface area (Å²) in [7, 11) is 2.18. The molecule has 7 nitrogen and oxygen atoms in total. The molecule has 1 saturated heterocycles. The molecule has 4 aromatic rings. The third-order valence-corrected chi connectivity index (χ3v) is 6.42. The lowest BCUT2D eigenvalue weighted by molar-refractivity contribution is 0.188. The van der Waals surface area contributed by atoms with Crippen LogP contribution in [0.15, 0.2) is 48.9 Å². The minimum absolute atomic E-state index is 0.416. The fourth-order valence-electron chi connectivity index (χ4n) is 4.69. The van der Waals surface area contributed by atoms with Crippen molar-refractivity contribution in [3.8, 4) is 28.3 Å². The van der Waals surface area contributed by atoms with Gasteiger partial charge in [-0.1, -0.05) is 6.07 Å².